The molecule has 1 aromatic rings. The minimum absolute atomic E-state index is 0.251. The van der Waals surface area contributed by atoms with E-state index in [1.54, 1.807) is 6.07 Å². The number of aryl methyl sites for hydroxylation is 1. The summed E-state index contributed by atoms with van der Waals surface area (Å²) in [6, 6.07) is 5.63. The van der Waals surface area contributed by atoms with Gasteiger partial charge in [-0.1, -0.05) is 42.0 Å². The lowest BCUT2D eigenvalue weighted by atomic mass is 9.89. The number of allylic oxidation sites excluding steroid dienone is 7. The van der Waals surface area contributed by atoms with Crippen LogP contribution in [0.1, 0.15) is 53.6 Å². The van der Waals surface area contributed by atoms with Gasteiger partial charge in [0.05, 0.1) is 0 Å². The van der Waals surface area contributed by atoms with Crippen LogP contribution in [0, 0.1) is 6.92 Å². The molecule has 5 rings (SSSR count). The number of Topliss-reactive ketones (excluding diaryl/α,β-unsaturated/α-hetero) is 2. The highest BCUT2D eigenvalue weighted by molar-refractivity contribution is 8.04. The second-order valence-electron chi connectivity index (χ2n) is 9.19. The highest BCUT2D eigenvalue weighted by Gasteiger charge is 2.45. The van der Waals surface area contributed by atoms with Gasteiger partial charge in [0, 0.05) is 42.8 Å². The number of carbonyl (C=O) groups is 2. The van der Waals surface area contributed by atoms with Crippen LogP contribution in [0.4, 0.5) is 0 Å². The van der Waals surface area contributed by atoms with Crippen LogP contribution >= 0.6 is 11.8 Å². The number of hydrogen-bond donors (Lipinski definition) is 0. The molecule has 2 aliphatic heterocycles. The van der Waals surface area contributed by atoms with Crippen LogP contribution in [0.25, 0.3) is 5.76 Å². The smallest absolute Gasteiger partial charge is 0.243 e. The van der Waals surface area contributed by atoms with E-state index >= 15 is 0 Å². The zero-order valence-corrected chi connectivity index (χ0v) is 19.4. The van der Waals surface area contributed by atoms with E-state index in [9.17, 15) is 9.59 Å². The molecule has 0 saturated carbocycles. The maximum atomic E-state index is 12.7. The van der Waals surface area contributed by atoms with Crippen molar-refractivity contribution in [3.63, 3.8) is 0 Å². The van der Waals surface area contributed by atoms with E-state index in [2.05, 4.69) is 35.3 Å². The lowest BCUT2D eigenvalue weighted by Gasteiger charge is -2.45. The highest BCUT2D eigenvalue weighted by atomic mass is 32.2. The van der Waals surface area contributed by atoms with Crippen LogP contribution in [0.2, 0.25) is 0 Å². The molecule has 0 aromatic heterocycles. The Morgan fingerprint density at radius 3 is 2.78 bits per heavy atom. The third-order valence-electron chi connectivity index (χ3n) is 6.84. The molecule has 2 aliphatic carbocycles. The maximum absolute atomic E-state index is 12.7. The van der Waals surface area contributed by atoms with Gasteiger partial charge in [-0.15, -0.1) is 11.8 Å². The molecule has 0 N–H and O–H groups in total. The second-order valence-corrected chi connectivity index (χ2v) is 10.2. The van der Waals surface area contributed by atoms with Crippen molar-refractivity contribution >= 4 is 29.1 Å². The van der Waals surface area contributed by atoms with Gasteiger partial charge in [-0.25, -0.2) is 0 Å². The van der Waals surface area contributed by atoms with Crippen LogP contribution in [0.5, 0.6) is 0 Å². The first-order chi connectivity index (χ1) is 15.5. The van der Waals surface area contributed by atoms with E-state index < -0.39 is 11.6 Å². The molecule has 0 amide bonds. The van der Waals surface area contributed by atoms with Crippen molar-refractivity contribution in [1.82, 2.24) is 4.90 Å². The monoisotopic (exact) mass is 447 g/mol. The maximum Gasteiger partial charge on any atom is 0.243 e. The molecule has 1 aromatic carbocycles. The highest BCUT2D eigenvalue weighted by Crippen LogP contribution is 2.47. The van der Waals surface area contributed by atoms with E-state index in [4.69, 9.17) is 4.74 Å². The second kappa shape index (κ2) is 8.87. The number of rotatable bonds is 4. The predicted molar refractivity (Wildman–Crippen MR) is 130 cm³/mol. The van der Waals surface area contributed by atoms with E-state index in [-0.39, 0.29) is 5.60 Å². The van der Waals surface area contributed by atoms with Crippen molar-refractivity contribution in [2.24, 2.45) is 0 Å². The normalized spacial score (nSPS) is 22.3. The Labute approximate surface area is 194 Å². The first kappa shape index (κ1) is 21.5. The van der Waals surface area contributed by atoms with Crippen LogP contribution in [-0.2, 0) is 9.53 Å². The van der Waals surface area contributed by atoms with Gasteiger partial charge in [-0.2, -0.15) is 0 Å². The Kier molecular flexibility index (Phi) is 5.95. The van der Waals surface area contributed by atoms with Crippen molar-refractivity contribution in [3.05, 3.63) is 75.7 Å². The third-order valence-corrected chi connectivity index (χ3v) is 8.17. The topological polar surface area (TPSA) is 46.6 Å². The Morgan fingerprint density at radius 1 is 1.09 bits per heavy atom. The summed E-state index contributed by atoms with van der Waals surface area (Å²) in [7, 11) is 0. The number of nitrogens with zero attached hydrogens (tertiary/aromatic N) is 1. The molecule has 1 saturated heterocycles. The summed E-state index contributed by atoms with van der Waals surface area (Å²) in [5.74, 6) is 0.558. The Morgan fingerprint density at radius 2 is 1.94 bits per heavy atom. The summed E-state index contributed by atoms with van der Waals surface area (Å²) < 4.78 is 6.61. The van der Waals surface area contributed by atoms with Gasteiger partial charge in [0.25, 0.3) is 0 Å². The fourth-order valence-corrected chi connectivity index (χ4v) is 6.17. The van der Waals surface area contributed by atoms with E-state index in [1.807, 2.05) is 19.1 Å². The van der Waals surface area contributed by atoms with Gasteiger partial charge in [0.1, 0.15) is 16.3 Å². The molecule has 5 heteroatoms. The summed E-state index contributed by atoms with van der Waals surface area (Å²) in [6.45, 7) is 5.11. The SMILES string of the molecule is Cc1ccc2c(c1)C1=C(SCC3(CCN(CCCC4=CC=CCC=C4)CC3)O1)C(=O)C2=O. The molecule has 4 nitrogen and oxygen atoms in total. The Hall–Kier alpha value is -2.37. The molecule has 166 valence electrons. The largest absolute Gasteiger partial charge is 0.484 e. The Bertz CT molecular complexity index is 1070. The van der Waals surface area contributed by atoms with Gasteiger partial charge in [0.15, 0.2) is 0 Å². The number of thioether (sulfide) groups is 1. The van der Waals surface area contributed by atoms with Gasteiger partial charge in [-0.05, 0) is 50.4 Å². The molecule has 1 fully saturated rings. The average Bonchev–Trinajstić information content (AvgIpc) is 3.08. The zero-order valence-electron chi connectivity index (χ0n) is 18.6. The lowest BCUT2D eigenvalue weighted by molar-refractivity contribution is -0.111. The van der Waals surface area contributed by atoms with Crippen LogP contribution in [0.3, 0.4) is 0 Å². The number of carbonyl (C=O) groups excluding carboxylic acids is 2. The third kappa shape index (κ3) is 4.16. The summed E-state index contributed by atoms with van der Waals surface area (Å²) in [5, 5.41) is 0. The minimum Gasteiger partial charge on any atom is -0.484 e. The summed E-state index contributed by atoms with van der Waals surface area (Å²) in [5.41, 5.74) is 3.49. The van der Waals surface area contributed by atoms with Crippen molar-refractivity contribution in [2.75, 3.05) is 25.4 Å². The Balaban J connectivity index is 1.23. The standard InChI is InChI=1S/C27H29NO3S/c1-19-10-11-21-22(17-19)25-26(24(30)23(21)29)32-18-27(31-25)12-15-28(16-13-27)14-6-9-20-7-4-2-3-5-8-20/h2,4-5,7-8,10-11,17H,3,6,9,12-16,18H2,1H3. The molecule has 0 atom stereocenters. The molecule has 2 heterocycles. The van der Waals surface area contributed by atoms with E-state index in [1.165, 1.54) is 17.3 Å². The quantitative estimate of drug-likeness (QED) is 0.590. The number of piperidine rings is 1. The van der Waals surface area contributed by atoms with Gasteiger partial charge >= 0.3 is 0 Å². The number of likely N-dealkylation sites (tertiary alicyclic amines) is 1. The van der Waals surface area contributed by atoms with E-state index in [0.717, 1.165) is 68.6 Å². The number of ether oxygens (including phenoxy) is 1. The minimum atomic E-state index is -0.412. The molecule has 4 aliphatic rings. The van der Waals surface area contributed by atoms with Gasteiger partial charge in [-0.3, -0.25) is 9.59 Å². The van der Waals surface area contributed by atoms with Crippen molar-refractivity contribution in [3.8, 4) is 0 Å². The molecule has 0 radical (unpaired) electrons. The van der Waals surface area contributed by atoms with E-state index in [0.29, 0.717) is 16.2 Å². The summed E-state index contributed by atoms with van der Waals surface area (Å²) >= 11 is 1.52. The fourth-order valence-electron chi connectivity index (χ4n) is 4.90. The summed E-state index contributed by atoms with van der Waals surface area (Å²) in [4.78, 5) is 28.3. The molecule has 1 spiro atoms. The summed E-state index contributed by atoms with van der Waals surface area (Å²) in [6.07, 6.45) is 16.2. The van der Waals surface area contributed by atoms with Crippen LogP contribution < -0.4 is 0 Å². The average molecular weight is 448 g/mol. The van der Waals surface area contributed by atoms with Crippen LogP contribution in [-0.4, -0.2) is 47.5 Å². The zero-order chi connectivity index (χ0) is 22.1. The predicted octanol–water partition coefficient (Wildman–Crippen LogP) is 5.25. The van der Waals surface area contributed by atoms with Gasteiger partial charge < -0.3 is 9.64 Å². The molecule has 0 bridgehead atoms. The molecule has 0 unspecified atom stereocenters. The van der Waals surface area contributed by atoms with Crippen molar-refractivity contribution < 1.29 is 14.3 Å². The van der Waals surface area contributed by atoms with Crippen LogP contribution in [0.15, 0.2) is 59.1 Å². The number of ketones is 2. The fraction of sp³-hybridized carbons (Fsp3) is 0.407. The first-order valence-electron chi connectivity index (χ1n) is 11.6. The molecular weight excluding hydrogens is 418 g/mol. The first-order valence-corrected chi connectivity index (χ1v) is 12.5. The molecule has 32 heavy (non-hydrogen) atoms. The molecular formula is C27H29NO3S. The number of hydrogen-bond acceptors (Lipinski definition) is 5. The lowest BCUT2D eigenvalue weighted by Crippen LogP contribution is -2.49. The van der Waals surface area contributed by atoms with Gasteiger partial charge in [0.2, 0.25) is 11.6 Å². The number of fused-ring (bicyclic) bond motifs is 2. The van der Waals surface area contributed by atoms with Crippen molar-refractivity contribution in [2.45, 2.75) is 44.6 Å². The van der Waals surface area contributed by atoms with Crippen molar-refractivity contribution in [1.29, 1.82) is 0 Å². The number of benzene rings is 1.